The zero-order valence-corrected chi connectivity index (χ0v) is 23.4. The number of aliphatic imine (C=N–C) groups is 1. The topological polar surface area (TPSA) is 96.1 Å². The first-order chi connectivity index (χ1) is 18.1. The number of amides is 3. The third kappa shape index (κ3) is 8.55. The number of anilines is 1. The normalized spacial score (nSPS) is 14.1. The smallest absolute Gasteiger partial charge is 0.328 e. The summed E-state index contributed by atoms with van der Waals surface area (Å²) in [6.07, 6.45) is 7.36. The molecule has 0 spiro atoms. The number of allylic oxidation sites excluding steroid dienone is 6. The molecule has 200 valence electrons. The van der Waals surface area contributed by atoms with Gasteiger partial charge in [0.15, 0.2) is 5.78 Å². The fourth-order valence-corrected chi connectivity index (χ4v) is 3.33. The van der Waals surface area contributed by atoms with Gasteiger partial charge in [-0.2, -0.15) is 0 Å². The molecule has 0 bridgehead atoms. The predicted molar refractivity (Wildman–Crippen MR) is 158 cm³/mol. The van der Waals surface area contributed by atoms with Crippen molar-refractivity contribution in [2.45, 2.75) is 27.7 Å². The first-order valence-corrected chi connectivity index (χ1v) is 12.3. The Kier molecular flexibility index (Phi) is 12.9. The molecule has 2 aromatic carbocycles. The number of primary amides is 1. The average molecular weight is 515 g/mol. The average Bonchev–Trinajstić information content (AvgIpc) is 2.94. The summed E-state index contributed by atoms with van der Waals surface area (Å²) in [5, 5.41) is 0. The number of hydrogen-bond donors (Lipinski definition) is 1. The SMILES string of the molecule is C=CN(C(=O)N(C)C)c1ccc(C2=CC(=NC)/C(=C(\C)C(C)=O)C=C2)cc1.CC.NC(=O)c1ccccc1. The lowest BCUT2D eigenvalue weighted by Gasteiger charge is -2.22. The summed E-state index contributed by atoms with van der Waals surface area (Å²) in [4.78, 5) is 41.6. The van der Waals surface area contributed by atoms with E-state index in [4.69, 9.17) is 5.73 Å². The summed E-state index contributed by atoms with van der Waals surface area (Å²) in [7, 11) is 5.11. The van der Waals surface area contributed by atoms with Gasteiger partial charge in [0, 0.05) is 44.1 Å². The largest absolute Gasteiger partial charge is 0.366 e. The van der Waals surface area contributed by atoms with Crippen molar-refractivity contribution in [1.29, 1.82) is 0 Å². The number of urea groups is 1. The van der Waals surface area contributed by atoms with Crippen LogP contribution >= 0.6 is 0 Å². The molecule has 0 fully saturated rings. The van der Waals surface area contributed by atoms with Crippen LogP contribution in [0.25, 0.3) is 5.57 Å². The molecule has 3 rings (SSSR count). The number of rotatable bonds is 5. The summed E-state index contributed by atoms with van der Waals surface area (Å²) < 4.78 is 0. The summed E-state index contributed by atoms with van der Waals surface area (Å²) >= 11 is 0. The van der Waals surface area contributed by atoms with E-state index in [1.807, 2.05) is 69.3 Å². The number of Topliss-reactive ketones (excluding diaryl/α,β-unsaturated/α-hetero) is 1. The fourth-order valence-electron chi connectivity index (χ4n) is 3.33. The first kappa shape index (κ1) is 31.5. The van der Waals surface area contributed by atoms with Gasteiger partial charge in [-0.3, -0.25) is 19.5 Å². The maximum atomic E-state index is 12.2. The third-order valence-electron chi connectivity index (χ3n) is 5.48. The third-order valence-corrected chi connectivity index (χ3v) is 5.48. The van der Waals surface area contributed by atoms with Crippen molar-refractivity contribution in [3.63, 3.8) is 0 Å². The minimum atomic E-state index is -0.379. The number of benzene rings is 2. The number of carbonyl (C=O) groups excluding carboxylic acids is 3. The molecule has 1 aliphatic carbocycles. The van der Waals surface area contributed by atoms with E-state index in [9.17, 15) is 14.4 Å². The highest BCUT2D eigenvalue weighted by Gasteiger charge is 2.16. The molecular formula is C31H38N4O3. The lowest BCUT2D eigenvalue weighted by atomic mass is 9.92. The van der Waals surface area contributed by atoms with Crippen LogP contribution in [-0.2, 0) is 4.79 Å². The monoisotopic (exact) mass is 514 g/mol. The Balaban J connectivity index is 0.000000548. The molecule has 0 saturated heterocycles. The second kappa shape index (κ2) is 15.6. The maximum absolute atomic E-state index is 12.2. The zero-order chi connectivity index (χ0) is 28.8. The molecule has 2 N–H and O–H groups in total. The number of nitrogens with two attached hydrogens (primary N) is 1. The Morgan fingerprint density at radius 2 is 1.50 bits per heavy atom. The van der Waals surface area contributed by atoms with Crippen LogP contribution in [0, 0.1) is 0 Å². The van der Waals surface area contributed by atoms with Crippen molar-refractivity contribution in [2.24, 2.45) is 10.7 Å². The van der Waals surface area contributed by atoms with Crippen LogP contribution in [0.3, 0.4) is 0 Å². The van der Waals surface area contributed by atoms with Crippen LogP contribution in [0.15, 0.2) is 102 Å². The van der Waals surface area contributed by atoms with Gasteiger partial charge in [0.2, 0.25) is 5.91 Å². The number of carbonyl (C=O) groups is 3. The van der Waals surface area contributed by atoms with Crippen molar-refractivity contribution < 1.29 is 14.4 Å². The summed E-state index contributed by atoms with van der Waals surface area (Å²) in [6.45, 7) is 11.1. The fraction of sp³-hybridized carbons (Fsp3) is 0.226. The van der Waals surface area contributed by atoms with Crippen molar-refractivity contribution in [2.75, 3.05) is 26.0 Å². The van der Waals surface area contributed by atoms with E-state index in [1.54, 1.807) is 52.3 Å². The standard InChI is InChI=1S/C22H25N3O2.C7H7NO.C2H6/c1-7-25(22(27)24(5)6)19-11-8-17(9-12-19)18-10-13-20(15(2)16(3)26)21(14-18)23-4;8-7(9)6-4-2-1-3-5-6;1-2/h7-14H,1H2,2-6H3;1-5H,(H2,8,9);1-2H3/b20-15+,23-21?;;. The van der Waals surface area contributed by atoms with Crippen LogP contribution in [-0.4, -0.2) is 49.5 Å². The van der Waals surface area contributed by atoms with Crippen LogP contribution in [0.1, 0.15) is 43.6 Å². The molecule has 0 radical (unpaired) electrons. The quantitative estimate of drug-likeness (QED) is 0.491. The Morgan fingerprint density at radius 1 is 0.921 bits per heavy atom. The molecule has 0 saturated carbocycles. The van der Waals surface area contributed by atoms with Gasteiger partial charge in [-0.1, -0.05) is 62.9 Å². The lowest BCUT2D eigenvalue weighted by Crippen LogP contribution is -2.35. The molecule has 38 heavy (non-hydrogen) atoms. The van der Waals surface area contributed by atoms with Crippen molar-refractivity contribution in [3.8, 4) is 0 Å². The molecule has 7 nitrogen and oxygen atoms in total. The Bertz CT molecular complexity index is 1250. The molecule has 0 aliphatic heterocycles. The van der Waals surface area contributed by atoms with E-state index >= 15 is 0 Å². The Labute approximate surface area is 226 Å². The highest BCUT2D eigenvalue weighted by molar-refractivity contribution is 6.20. The van der Waals surface area contributed by atoms with Gasteiger partial charge in [-0.15, -0.1) is 0 Å². The van der Waals surface area contributed by atoms with Gasteiger partial charge < -0.3 is 10.6 Å². The van der Waals surface area contributed by atoms with Gasteiger partial charge >= 0.3 is 6.03 Å². The van der Waals surface area contributed by atoms with Crippen molar-refractivity contribution >= 4 is 34.7 Å². The first-order valence-electron chi connectivity index (χ1n) is 12.3. The van der Waals surface area contributed by atoms with Gasteiger partial charge in [0.05, 0.1) is 11.4 Å². The van der Waals surface area contributed by atoms with E-state index in [0.29, 0.717) is 11.1 Å². The maximum Gasteiger partial charge on any atom is 0.328 e. The molecule has 0 atom stereocenters. The highest BCUT2D eigenvalue weighted by Crippen LogP contribution is 2.27. The van der Waals surface area contributed by atoms with E-state index in [-0.39, 0.29) is 17.7 Å². The second-order valence-corrected chi connectivity index (χ2v) is 8.14. The Hall–Kier alpha value is -4.52. The van der Waals surface area contributed by atoms with Crippen LogP contribution in [0.2, 0.25) is 0 Å². The highest BCUT2D eigenvalue weighted by atomic mass is 16.2. The lowest BCUT2D eigenvalue weighted by molar-refractivity contribution is -0.113. The summed E-state index contributed by atoms with van der Waals surface area (Å²) in [5.74, 6) is -0.345. The van der Waals surface area contributed by atoms with Gasteiger partial charge in [-0.05, 0) is 55.3 Å². The molecule has 1 aliphatic rings. The molecule has 0 unspecified atom stereocenters. The Morgan fingerprint density at radius 3 is 1.92 bits per heavy atom. The van der Waals surface area contributed by atoms with Crippen molar-refractivity contribution in [1.82, 2.24) is 4.90 Å². The second-order valence-electron chi connectivity index (χ2n) is 8.14. The van der Waals surface area contributed by atoms with Gasteiger partial charge in [0.1, 0.15) is 0 Å². The predicted octanol–water partition coefficient (Wildman–Crippen LogP) is 6.06. The molecular weight excluding hydrogens is 476 g/mol. The zero-order valence-electron chi connectivity index (χ0n) is 23.4. The molecule has 3 amide bonds. The minimum absolute atomic E-state index is 0.0343. The van der Waals surface area contributed by atoms with Gasteiger partial charge in [-0.25, -0.2) is 4.79 Å². The van der Waals surface area contributed by atoms with Crippen LogP contribution in [0.5, 0.6) is 0 Å². The minimum Gasteiger partial charge on any atom is -0.366 e. The van der Waals surface area contributed by atoms with Crippen LogP contribution < -0.4 is 10.6 Å². The van der Waals surface area contributed by atoms with E-state index in [1.165, 1.54) is 16.0 Å². The molecule has 0 heterocycles. The van der Waals surface area contributed by atoms with Crippen LogP contribution in [0.4, 0.5) is 10.5 Å². The molecule has 2 aromatic rings. The number of hydrogen-bond acceptors (Lipinski definition) is 4. The van der Waals surface area contributed by atoms with Gasteiger partial charge in [0.25, 0.3) is 0 Å². The van der Waals surface area contributed by atoms with E-state index in [2.05, 4.69) is 11.6 Å². The molecule has 0 aromatic heterocycles. The summed E-state index contributed by atoms with van der Waals surface area (Å²) in [6, 6.07) is 16.3. The van der Waals surface area contributed by atoms with E-state index < -0.39 is 0 Å². The summed E-state index contributed by atoms with van der Waals surface area (Å²) in [5.41, 5.74) is 10.6. The number of ketones is 1. The molecule has 7 heteroatoms. The van der Waals surface area contributed by atoms with E-state index in [0.717, 1.165) is 28.1 Å². The number of nitrogens with zero attached hydrogens (tertiary/aromatic N) is 3. The van der Waals surface area contributed by atoms with Crippen molar-refractivity contribution in [3.05, 3.63) is 108 Å².